The van der Waals surface area contributed by atoms with E-state index in [1.807, 2.05) is 0 Å². The molecular formula is C10H5BrClFN2O. The molecule has 1 heterocycles. The van der Waals surface area contributed by atoms with Crippen LogP contribution in [0.25, 0.3) is 0 Å². The van der Waals surface area contributed by atoms with E-state index < -0.39 is 5.82 Å². The van der Waals surface area contributed by atoms with Crippen molar-refractivity contribution in [3.8, 4) is 11.6 Å². The zero-order valence-electron chi connectivity index (χ0n) is 7.82. The summed E-state index contributed by atoms with van der Waals surface area (Å²) in [5.74, 6) is 0.0994. The van der Waals surface area contributed by atoms with Gasteiger partial charge in [0.2, 0.25) is 5.88 Å². The molecule has 0 atom stereocenters. The van der Waals surface area contributed by atoms with Crippen molar-refractivity contribution in [3.05, 3.63) is 46.0 Å². The Balaban J connectivity index is 2.28. The van der Waals surface area contributed by atoms with E-state index in [4.69, 9.17) is 16.3 Å². The fraction of sp³-hybridized carbons (Fsp3) is 0. The van der Waals surface area contributed by atoms with Gasteiger partial charge in [-0.2, -0.15) is 0 Å². The summed E-state index contributed by atoms with van der Waals surface area (Å²) < 4.78 is 19.1. The van der Waals surface area contributed by atoms with Crippen LogP contribution in [0.15, 0.2) is 35.2 Å². The molecule has 0 amide bonds. The van der Waals surface area contributed by atoms with Gasteiger partial charge in [0.05, 0.1) is 9.50 Å². The van der Waals surface area contributed by atoms with Crippen molar-refractivity contribution in [3.63, 3.8) is 0 Å². The van der Waals surface area contributed by atoms with Crippen molar-refractivity contribution in [1.82, 2.24) is 9.97 Å². The minimum atomic E-state index is -0.538. The summed E-state index contributed by atoms with van der Waals surface area (Å²) in [5.41, 5.74) is 0. The molecule has 2 rings (SSSR count). The van der Waals surface area contributed by atoms with Crippen molar-refractivity contribution in [2.45, 2.75) is 0 Å². The fourth-order valence-electron chi connectivity index (χ4n) is 1.03. The van der Waals surface area contributed by atoms with E-state index in [2.05, 4.69) is 25.9 Å². The fourth-order valence-corrected chi connectivity index (χ4v) is 1.45. The summed E-state index contributed by atoms with van der Waals surface area (Å²) in [6, 6.07) is 4.16. The van der Waals surface area contributed by atoms with Gasteiger partial charge in [-0.05, 0) is 28.1 Å². The third-order valence-electron chi connectivity index (χ3n) is 1.74. The van der Waals surface area contributed by atoms with Crippen LogP contribution in [-0.2, 0) is 0 Å². The summed E-state index contributed by atoms with van der Waals surface area (Å²) in [5, 5.41) is 0.0501. The van der Waals surface area contributed by atoms with Crippen LogP contribution < -0.4 is 4.74 Å². The molecule has 3 nitrogen and oxygen atoms in total. The Labute approximate surface area is 104 Å². The van der Waals surface area contributed by atoms with Crippen molar-refractivity contribution < 1.29 is 9.13 Å². The predicted molar refractivity (Wildman–Crippen MR) is 61.2 cm³/mol. The lowest BCUT2D eigenvalue weighted by molar-refractivity contribution is 0.453. The first kappa shape index (κ1) is 11.3. The lowest BCUT2D eigenvalue weighted by Gasteiger charge is -2.05. The molecule has 0 spiro atoms. The van der Waals surface area contributed by atoms with Crippen LogP contribution in [0.2, 0.25) is 5.02 Å². The van der Waals surface area contributed by atoms with E-state index in [0.717, 1.165) is 0 Å². The number of halogens is 3. The van der Waals surface area contributed by atoms with Crippen LogP contribution in [0.4, 0.5) is 4.39 Å². The number of hydrogen-bond donors (Lipinski definition) is 0. The SMILES string of the molecule is Fc1cc(Oc2ncncc2Br)ccc1Cl. The summed E-state index contributed by atoms with van der Waals surface area (Å²) in [6.07, 6.45) is 2.88. The molecule has 0 fully saturated rings. The molecule has 82 valence electrons. The van der Waals surface area contributed by atoms with Crippen LogP contribution >= 0.6 is 27.5 Å². The highest BCUT2D eigenvalue weighted by molar-refractivity contribution is 9.10. The third-order valence-corrected chi connectivity index (χ3v) is 2.59. The van der Waals surface area contributed by atoms with Gasteiger partial charge in [-0.3, -0.25) is 0 Å². The summed E-state index contributed by atoms with van der Waals surface area (Å²) in [7, 11) is 0. The van der Waals surface area contributed by atoms with Crippen molar-refractivity contribution in [1.29, 1.82) is 0 Å². The molecule has 0 bridgehead atoms. The average Bonchev–Trinajstić information content (AvgIpc) is 2.27. The van der Waals surface area contributed by atoms with E-state index in [0.29, 0.717) is 16.1 Å². The second-order valence-electron chi connectivity index (χ2n) is 2.85. The Kier molecular flexibility index (Phi) is 3.36. The smallest absolute Gasteiger partial charge is 0.236 e. The van der Waals surface area contributed by atoms with Gasteiger partial charge in [0.25, 0.3) is 0 Å². The van der Waals surface area contributed by atoms with Crippen LogP contribution in [0, 0.1) is 5.82 Å². The van der Waals surface area contributed by atoms with Gasteiger partial charge in [-0.15, -0.1) is 0 Å². The maximum atomic E-state index is 13.1. The van der Waals surface area contributed by atoms with E-state index in [-0.39, 0.29) is 5.02 Å². The van der Waals surface area contributed by atoms with Gasteiger partial charge in [0, 0.05) is 12.3 Å². The molecular weight excluding hydrogens is 298 g/mol. The van der Waals surface area contributed by atoms with Crippen LogP contribution in [0.1, 0.15) is 0 Å². The number of nitrogens with zero attached hydrogens (tertiary/aromatic N) is 2. The third kappa shape index (κ3) is 2.48. The first-order chi connectivity index (χ1) is 7.66. The molecule has 16 heavy (non-hydrogen) atoms. The lowest BCUT2D eigenvalue weighted by atomic mass is 10.3. The molecule has 1 aromatic heterocycles. The second kappa shape index (κ2) is 4.76. The number of rotatable bonds is 2. The summed E-state index contributed by atoms with van der Waals surface area (Å²) >= 11 is 8.77. The molecule has 2 aromatic rings. The van der Waals surface area contributed by atoms with E-state index >= 15 is 0 Å². The molecule has 6 heteroatoms. The van der Waals surface area contributed by atoms with Gasteiger partial charge in [0.15, 0.2) is 0 Å². The second-order valence-corrected chi connectivity index (χ2v) is 4.12. The molecule has 0 N–H and O–H groups in total. The van der Waals surface area contributed by atoms with Crippen LogP contribution in [0.5, 0.6) is 11.6 Å². The molecule has 0 aliphatic carbocycles. The Morgan fingerprint density at radius 3 is 2.88 bits per heavy atom. The van der Waals surface area contributed by atoms with Crippen molar-refractivity contribution in [2.24, 2.45) is 0 Å². The first-order valence-corrected chi connectivity index (χ1v) is 5.42. The number of benzene rings is 1. The predicted octanol–water partition coefficient (Wildman–Crippen LogP) is 3.82. The number of hydrogen-bond acceptors (Lipinski definition) is 3. The van der Waals surface area contributed by atoms with Crippen molar-refractivity contribution in [2.75, 3.05) is 0 Å². The zero-order valence-corrected chi connectivity index (χ0v) is 10.2. The normalized spacial score (nSPS) is 10.2. The van der Waals surface area contributed by atoms with Crippen LogP contribution in [-0.4, -0.2) is 9.97 Å². The minimum Gasteiger partial charge on any atom is -0.438 e. The Hall–Kier alpha value is -1.20. The Bertz CT molecular complexity index is 524. The molecule has 0 saturated heterocycles. The maximum Gasteiger partial charge on any atom is 0.236 e. The largest absolute Gasteiger partial charge is 0.438 e. The Morgan fingerprint density at radius 2 is 2.19 bits per heavy atom. The standard InChI is InChI=1S/C10H5BrClFN2O/c11-7-4-14-5-15-10(7)16-6-1-2-8(12)9(13)3-6/h1-5H. The molecule has 0 saturated carbocycles. The Morgan fingerprint density at radius 1 is 1.38 bits per heavy atom. The summed E-state index contributed by atoms with van der Waals surface area (Å²) in [6.45, 7) is 0. The average molecular weight is 304 g/mol. The van der Waals surface area contributed by atoms with Crippen LogP contribution in [0.3, 0.4) is 0 Å². The van der Waals surface area contributed by atoms with Gasteiger partial charge >= 0.3 is 0 Å². The molecule has 0 aliphatic rings. The lowest BCUT2D eigenvalue weighted by Crippen LogP contribution is -1.90. The van der Waals surface area contributed by atoms with Gasteiger partial charge in [-0.1, -0.05) is 11.6 Å². The van der Waals surface area contributed by atoms with Gasteiger partial charge in [-0.25, -0.2) is 14.4 Å². The quantitative estimate of drug-likeness (QED) is 0.846. The van der Waals surface area contributed by atoms with Crippen molar-refractivity contribution >= 4 is 27.5 Å². The first-order valence-electron chi connectivity index (χ1n) is 4.25. The van der Waals surface area contributed by atoms with E-state index in [1.165, 1.54) is 24.7 Å². The summed E-state index contributed by atoms with van der Waals surface area (Å²) in [4.78, 5) is 7.68. The molecule has 0 unspecified atom stereocenters. The van der Waals surface area contributed by atoms with E-state index in [9.17, 15) is 4.39 Å². The zero-order chi connectivity index (χ0) is 11.5. The van der Waals surface area contributed by atoms with Gasteiger partial charge in [0.1, 0.15) is 17.9 Å². The highest BCUT2D eigenvalue weighted by Gasteiger charge is 2.06. The highest BCUT2D eigenvalue weighted by Crippen LogP contribution is 2.28. The minimum absolute atomic E-state index is 0.0501. The highest BCUT2D eigenvalue weighted by atomic mass is 79.9. The number of aromatic nitrogens is 2. The topological polar surface area (TPSA) is 35.0 Å². The monoisotopic (exact) mass is 302 g/mol. The molecule has 0 aliphatic heterocycles. The molecule has 0 radical (unpaired) electrons. The molecule has 1 aromatic carbocycles. The van der Waals surface area contributed by atoms with E-state index in [1.54, 1.807) is 6.07 Å². The van der Waals surface area contributed by atoms with Gasteiger partial charge < -0.3 is 4.74 Å². The number of ether oxygens (including phenoxy) is 1. The maximum absolute atomic E-state index is 13.1.